The van der Waals surface area contributed by atoms with Crippen LogP contribution in [0.4, 0.5) is 5.69 Å². The first-order valence-corrected chi connectivity index (χ1v) is 10.2. The van der Waals surface area contributed by atoms with Gasteiger partial charge in [-0.25, -0.2) is 17.5 Å². The molecule has 0 heterocycles. The second-order valence-electron chi connectivity index (χ2n) is 6.19. The smallest absolute Gasteiger partial charge is 0.338 e. The summed E-state index contributed by atoms with van der Waals surface area (Å²) in [5, 5.41) is 3.10. The van der Waals surface area contributed by atoms with Crippen molar-refractivity contribution in [2.75, 3.05) is 33.1 Å². The third kappa shape index (κ3) is 5.26. The van der Waals surface area contributed by atoms with E-state index in [2.05, 4.69) is 5.32 Å². The topological polar surface area (TPSA) is 102 Å². The molecule has 0 aromatic heterocycles. The average Bonchev–Trinajstić information content (AvgIpc) is 2.69. The number of methoxy groups -OCH3 is 1. The molecule has 0 saturated carbocycles. The molecule has 0 fully saturated rings. The lowest BCUT2D eigenvalue weighted by Crippen LogP contribution is -2.24. The van der Waals surface area contributed by atoms with Gasteiger partial charge in [0.15, 0.2) is 6.61 Å². The van der Waals surface area contributed by atoms with Crippen LogP contribution in [0.1, 0.15) is 15.9 Å². The van der Waals surface area contributed by atoms with Gasteiger partial charge in [0.1, 0.15) is 10.6 Å². The third-order valence-electron chi connectivity index (χ3n) is 4.03. The number of halogens is 1. The summed E-state index contributed by atoms with van der Waals surface area (Å²) in [7, 11) is 0.202. The van der Waals surface area contributed by atoms with Crippen LogP contribution in [0.5, 0.6) is 5.75 Å². The van der Waals surface area contributed by atoms with E-state index < -0.39 is 28.5 Å². The number of sulfonamides is 1. The van der Waals surface area contributed by atoms with E-state index in [4.69, 9.17) is 21.1 Å². The summed E-state index contributed by atoms with van der Waals surface area (Å²) in [5.41, 5.74) is 1.16. The summed E-state index contributed by atoms with van der Waals surface area (Å²) >= 11 is 6.00. The van der Waals surface area contributed by atoms with E-state index in [0.29, 0.717) is 16.3 Å². The Morgan fingerprint density at radius 3 is 2.48 bits per heavy atom. The monoisotopic (exact) mass is 440 g/mol. The molecule has 156 valence electrons. The number of rotatable bonds is 7. The summed E-state index contributed by atoms with van der Waals surface area (Å²) in [6, 6.07) is 8.90. The van der Waals surface area contributed by atoms with Gasteiger partial charge in [0.25, 0.3) is 5.91 Å². The fraction of sp³-hybridized carbons (Fsp3) is 0.263. The van der Waals surface area contributed by atoms with Crippen molar-refractivity contribution < 1.29 is 27.5 Å². The molecule has 0 bridgehead atoms. The molecule has 1 amide bonds. The number of benzene rings is 2. The molecule has 1 N–H and O–H groups in total. The highest BCUT2D eigenvalue weighted by molar-refractivity contribution is 7.89. The Balaban J connectivity index is 2.13. The third-order valence-corrected chi connectivity index (χ3v) is 6.28. The van der Waals surface area contributed by atoms with Gasteiger partial charge in [0.2, 0.25) is 10.0 Å². The maximum absolute atomic E-state index is 12.4. The van der Waals surface area contributed by atoms with E-state index in [9.17, 15) is 18.0 Å². The van der Waals surface area contributed by atoms with E-state index in [0.717, 1.165) is 10.4 Å². The molecule has 2 aromatic carbocycles. The summed E-state index contributed by atoms with van der Waals surface area (Å²) < 4.78 is 35.9. The Morgan fingerprint density at radius 1 is 1.17 bits per heavy atom. The van der Waals surface area contributed by atoms with Crippen LogP contribution < -0.4 is 10.1 Å². The van der Waals surface area contributed by atoms with Crippen LogP contribution in [-0.4, -0.2) is 52.4 Å². The van der Waals surface area contributed by atoms with Crippen LogP contribution in [0, 0.1) is 6.92 Å². The van der Waals surface area contributed by atoms with Gasteiger partial charge in [0, 0.05) is 24.8 Å². The number of anilines is 1. The van der Waals surface area contributed by atoms with Gasteiger partial charge >= 0.3 is 5.97 Å². The zero-order chi connectivity index (χ0) is 21.8. The fourth-order valence-corrected chi connectivity index (χ4v) is 3.60. The maximum atomic E-state index is 12.4. The molecule has 0 aliphatic heterocycles. The normalized spacial score (nSPS) is 11.2. The molecule has 0 radical (unpaired) electrons. The largest absolute Gasteiger partial charge is 0.495 e. The van der Waals surface area contributed by atoms with Gasteiger partial charge in [-0.15, -0.1) is 0 Å². The summed E-state index contributed by atoms with van der Waals surface area (Å²) in [6.45, 7) is 1.20. The van der Waals surface area contributed by atoms with Crippen molar-refractivity contribution in [2.45, 2.75) is 11.8 Å². The zero-order valence-corrected chi connectivity index (χ0v) is 17.9. The molecule has 8 nitrogen and oxygen atoms in total. The number of hydrogen-bond donors (Lipinski definition) is 1. The van der Waals surface area contributed by atoms with Gasteiger partial charge in [-0.05, 0) is 42.8 Å². The van der Waals surface area contributed by atoms with E-state index in [1.54, 1.807) is 25.1 Å². The van der Waals surface area contributed by atoms with E-state index >= 15 is 0 Å². The van der Waals surface area contributed by atoms with Crippen molar-refractivity contribution in [3.63, 3.8) is 0 Å². The summed E-state index contributed by atoms with van der Waals surface area (Å²) in [5.74, 6) is -1.32. The lowest BCUT2D eigenvalue weighted by atomic mass is 10.2. The molecule has 10 heteroatoms. The SMILES string of the molecule is COc1ccc(C(=O)OCC(=O)Nc2cccc(Cl)c2C)cc1S(=O)(=O)N(C)C. The first-order valence-electron chi connectivity index (χ1n) is 8.40. The van der Waals surface area contributed by atoms with Crippen molar-refractivity contribution >= 4 is 39.2 Å². The fourth-order valence-electron chi connectivity index (χ4n) is 2.35. The Labute approximate surface area is 174 Å². The number of esters is 1. The second-order valence-corrected chi connectivity index (χ2v) is 8.72. The number of ether oxygens (including phenoxy) is 2. The summed E-state index contributed by atoms with van der Waals surface area (Å²) in [6.07, 6.45) is 0. The van der Waals surface area contributed by atoms with Gasteiger partial charge in [0.05, 0.1) is 12.7 Å². The number of amides is 1. The van der Waals surface area contributed by atoms with Crippen molar-refractivity contribution in [3.05, 3.63) is 52.5 Å². The van der Waals surface area contributed by atoms with Crippen LogP contribution in [0.3, 0.4) is 0 Å². The predicted octanol–water partition coefficient (Wildman–Crippen LogP) is 2.70. The molecule has 0 saturated heterocycles. The van der Waals surface area contributed by atoms with Crippen molar-refractivity contribution in [2.24, 2.45) is 0 Å². The lowest BCUT2D eigenvalue weighted by molar-refractivity contribution is -0.119. The Kier molecular flexibility index (Phi) is 7.23. The number of nitrogens with zero attached hydrogens (tertiary/aromatic N) is 1. The molecule has 2 aromatic rings. The minimum atomic E-state index is -3.85. The highest BCUT2D eigenvalue weighted by Crippen LogP contribution is 2.27. The van der Waals surface area contributed by atoms with Gasteiger partial charge in [-0.2, -0.15) is 0 Å². The Hall–Kier alpha value is -2.62. The molecular formula is C19H21ClN2O6S. The quantitative estimate of drug-likeness (QED) is 0.664. The van der Waals surface area contributed by atoms with Gasteiger partial charge < -0.3 is 14.8 Å². The summed E-state index contributed by atoms with van der Waals surface area (Å²) in [4.78, 5) is 24.2. The van der Waals surface area contributed by atoms with E-state index in [-0.39, 0.29) is 16.2 Å². The first kappa shape index (κ1) is 22.7. The number of nitrogens with one attached hydrogen (secondary N) is 1. The standard InChI is InChI=1S/C19H21ClN2O6S/c1-12-14(20)6-5-7-15(12)21-18(23)11-28-19(24)13-8-9-16(27-4)17(10-13)29(25,26)22(2)3/h5-10H,11H2,1-4H3,(H,21,23). The Bertz CT molecular complexity index is 1040. The number of carbonyl (C=O) groups excluding carboxylic acids is 2. The highest BCUT2D eigenvalue weighted by atomic mass is 35.5. The molecular weight excluding hydrogens is 420 g/mol. The molecule has 0 spiro atoms. The van der Waals surface area contributed by atoms with Gasteiger partial charge in [-0.3, -0.25) is 4.79 Å². The minimum Gasteiger partial charge on any atom is -0.495 e. The highest BCUT2D eigenvalue weighted by Gasteiger charge is 2.24. The second kappa shape index (κ2) is 9.25. The average molecular weight is 441 g/mol. The first-order chi connectivity index (χ1) is 13.6. The molecule has 2 rings (SSSR count). The maximum Gasteiger partial charge on any atom is 0.338 e. The van der Waals surface area contributed by atoms with Crippen molar-refractivity contribution in [3.8, 4) is 5.75 Å². The van der Waals surface area contributed by atoms with E-state index in [1.165, 1.54) is 33.3 Å². The van der Waals surface area contributed by atoms with Crippen LogP contribution in [0.15, 0.2) is 41.3 Å². The predicted molar refractivity (Wildman–Crippen MR) is 109 cm³/mol. The van der Waals surface area contributed by atoms with Crippen LogP contribution >= 0.6 is 11.6 Å². The van der Waals surface area contributed by atoms with E-state index in [1.807, 2.05) is 0 Å². The molecule has 0 atom stereocenters. The number of hydrogen-bond acceptors (Lipinski definition) is 6. The van der Waals surface area contributed by atoms with Crippen LogP contribution in [0.25, 0.3) is 0 Å². The molecule has 0 unspecified atom stereocenters. The molecule has 29 heavy (non-hydrogen) atoms. The van der Waals surface area contributed by atoms with Crippen LogP contribution in [0.2, 0.25) is 5.02 Å². The van der Waals surface area contributed by atoms with Crippen molar-refractivity contribution in [1.82, 2.24) is 4.31 Å². The number of carbonyl (C=O) groups is 2. The molecule has 0 aliphatic rings. The van der Waals surface area contributed by atoms with Crippen LogP contribution in [-0.2, 0) is 19.6 Å². The molecule has 0 aliphatic carbocycles. The van der Waals surface area contributed by atoms with Gasteiger partial charge in [-0.1, -0.05) is 17.7 Å². The minimum absolute atomic E-state index is 0.0297. The van der Waals surface area contributed by atoms with Crippen molar-refractivity contribution in [1.29, 1.82) is 0 Å². The lowest BCUT2D eigenvalue weighted by Gasteiger charge is -2.15. The zero-order valence-electron chi connectivity index (χ0n) is 16.4. The Morgan fingerprint density at radius 2 is 1.86 bits per heavy atom.